The molecule has 8 heteroatoms. The van der Waals surface area contributed by atoms with Crippen molar-refractivity contribution in [2.45, 2.75) is 19.3 Å². The Morgan fingerprint density at radius 3 is 2.62 bits per heavy atom. The molecule has 2 N–H and O–H groups in total. The quantitative estimate of drug-likeness (QED) is 0.653. The molecule has 1 aromatic carbocycles. The lowest BCUT2D eigenvalue weighted by Crippen LogP contribution is -2.30. The molecule has 1 aliphatic carbocycles. The second-order valence-corrected chi connectivity index (χ2v) is 4.89. The van der Waals surface area contributed by atoms with Crippen molar-refractivity contribution in [3.05, 3.63) is 34.1 Å². The highest BCUT2D eigenvalue weighted by Crippen LogP contribution is 2.33. The lowest BCUT2D eigenvalue weighted by Gasteiger charge is -2.15. The molecule has 0 spiro atoms. The number of carboxylic acids is 1. The first kappa shape index (κ1) is 14.9. The second kappa shape index (κ2) is 5.86. The molecule has 21 heavy (non-hydrogen) atoms. The van der Waals surface area contributed by atoms with E-state index in [4.69, 9.17) is 5.11 Å². The van der Waals surface area contributed by atoms with E-state index in [1.807, 2.05) is 0 Å². The van der Waals surface area contributed by atoms with Gasteiger partial charge in [0.05, 0.1) is 22.4 Å². The van der Waals surface area contributed by atoms with Crippen molar-refractivity contribution in [2.24, 2.45) is 11.8 Å². The van der Waals surface area contributed by atoms with Crippen molar-refractivity contribution in [1.82, 2.24) is 0 Å². The molecule has 2 rings (SSSR count). The standard InChI is InChI=1S/C13H13FN2O5/c14-10-5-4-7(16(20)21)6-11(10)15-12(17)8-2-1-3-9(8)13(18)19/h4-6,8-9H,1-3H2,(H,15,17)(H,18,19)/t8-,9+/m1/s1. The van der Waals surface area contributed by atoms with Crippen molar-refractivity contribution in [2.75, 3.05) is 5.32 Å². The highest BCUT2D eigenvalue weighted by atomic mass is 19.1. The Hall–Kier alpha value is -2.51. The summed E-state index contributed by atoms with van der Waals surface area (Å²) in [5.74, 6) is -4.04. The molecule has 0 radical (unpaired) electrons. The smallest absolute Gasteiger partial charge is 0.307 e. The van der Waals surface area contributed by atoms with Crippen LogP contribution in [0.1, 0.15) is 19.3 Å². The first-order valence-corrected chi connectivity index (χ1v) is 6.37. The molecule has 0 heterocycles. The average Bonchev–Trinajstić information content (AvgIpc) is 2.90. The average molecular weight is 296 g/mol. The summed E-state index contributed by atoms with van der Waals surface area (Å²) in [6.07, 6.45) is 1.40. The maximum atomic E-state index is 13.6. The summed E-state index contributed by atoms with van der Waals surface area (Å²) in [7, 11) is 0. The number of non-ortho nitro benzene ring substituents is 1. The number of carbonyl (C=O) groups excluding carboxylic acids is 1. The predicted octanol–water partition coefficient (Wildman–Crippen LogP) is 2.17. The molecule has 0 aliphatic heterocycles. The van der Waals surface area contributed by atoms with Crippen LogP contribution in [0.4, 0.5) is 15.8 Å². The Kier molecular flexibility index (Phi) is 4.15. The summed E-state index contributed by atoms with van der Waals surface area (Å²) in [4.78, 5) is 33.0. The monoisotopic (exact) mass is 296 g/mol. The van der Waals surface area contributed by atoms with Gasteiger partial charge in [-0.2, -0.15) is 0 Å². The van der Waals surface area contributed by atoms with Gasteiger partial charge in [-0.15, -0.1) is 0 Å². The third kappa shape index (κ3) is 3.15. The van der Waals surface area contributed by atoms with Gasteiger partial charge in [-0.3, -0.25) is 19.7 Å². The van der Waals surface area contributed by atoms with Crippen molar-refractivity contribution in [1.29, 1.82) is 0 Å². The number of nitrogens with zero attached hydrogens (tertiary/aromatic N) is 1. The molecule has 0 aromatic heterocycles. The lowest BCUT2D eigenvalue weighted by atomic mass is 9.95. The van der Waals surface area contributed by atoms with E-state index in [0.29, 0.717) is 19.3 Å². The molecule has 0 saturated heterocycles. The highest BCUT2D eigenvalue weighted by Gasteiger charge is 2.38. The fourth-order valence-electron chi connectivity index (χ4n) is 2.52. The molecule has 1 saturated carbocycles. The number of nitro groups is 1. The van der Waals surface area contributed by atoms with E-state index in [1.165, 1.54) is 0 Å². The minimum absolute atomic E-state index is 0.315. The number of aliphatic carboxylic acids is 1. The summed E-state index contributed by atoms with van der Waals surface area (Å²) in [5, 5.41) is 21.9. The Labute approximate surface area is 118 Å². The van der Waals surface area contributed by atoms with Crippen LogP contribution in [-0.2, 0) is 9.59 Å². The minimum Gasteiger partial charge on any atom is -0.481 e. The number of anilines is 1. The van der Waals surface area contributed by atoms with Gasteiger partial charge in [0.1, 0.15) is 5.82 Å². The zero-order chi connectivity index (χ0) is 15.6. The number of carboxylic acid groups (broad SMARTS) is 1. The van der Waals surface area contributed by atoms with Gasteiger partial charge in [0.25, 0.3) is 5.69 Å². The van der Waals surface area contributed by atoms with Gasteiger partial charge in [-0.25, -0.2) is 4.39 Å². The van der Waals surface area contributed by atoms with Gasteiger partial charge in [-0.05, 0) is 18.9 Å². The van der Waals surface area contributed by atoms with Gasteiger partial charge in [0, 0.05) is 12.1 Å². The highest BCUT2D eigenvalue weighted by molar-refractivity contribution is 5.95. The maximum absolute atomic E-state index is 13.6. The Balaban J connectivity index is 2.18. The summed E-state index contributed by atoms with van der Waals surface area (Å²) in [5.41, 5.74) is -0.668. The Morgan fingerprint density at radius 1 is 1.33 bits per heavy atom. The maximum Gasteiger partial charge on any atom is 0.307 e. The molecule has 2 atom stereocenters. The molecular weight excluding hydrogens is 283 g/mol. The number of nitrogens with one attached hydrogen (secondary N) is 1. The van der Waals surface area contributed by atoms with Gasteiger partial charge in [0.2, 0.25) is 5.91 Å². The van der Waals surface area contributed by atoms with Crippen LogP contribution in [0.2, 0.25) is 0 Å². The van der Waals surface area contributed by atoms with Crippen LogP contribution in [0, 0.1) is 27.8 Å². The molecule has 0 unspecified atom stereocenters. The summed E-state index contributed by atoms with van der Waals surface area (Å²) < 4.78 is 13.6. The van der Waals surface area contributed by atoms with Gasteiger partial charge in [-0.1, -0.05) is 6.42 Å². The molecule has 1 aromatic rings. The Morgan fingerprint density at radius 2 is 2.00 bits per heavy atom. The summed E-state index contributed by atoms with van der Waals surface area (Å²) in [6, 6.07) is 2.79. The number of benzene rings is 1. The normalized spacial score (nSPS) is 21.0. The molecule has 0 bridgehead atoms. The van der Waals surface area contributed by atoms with Gasteiger partial charge >= 0.3 is 5.97 Å². The SMILES string of the molecule is O=C(O)[C@H]1CCC[C@H]1C(=O)Nc1cc([N+](=O)[O-])ccc1F. The fourth-order valence-corrected chi connectivity index (χ4v) is 2.52. The molecule has 112 valence electrons. The first-order valence-electron chi connectivity index (χ1n) is 6.37. The van der Waals surface area contributed by atoms with E-state index in [9.17, 15) is 24.1 Å². The third-order valence-electron chi connectivity index (χ3n) is 3.59. The second-order valence-electron chi connectivity index (χ2n) is 4.89. The van der Waals surface area contributed by atoms with Gasteiger partial charge < -0.3 is 10.4 Å². The van der Waals surface area contributed by atoms with E-state index < -0.39 is 34.5 Å². The van der Waals surface area contributed by atoms with E-state index in [-0.39, 0.29) is 11.4 Å². The largest absolute Gasteiger partial charge is 0.481 e. The fraction of sp³-hybridized carbons (Fsp3) is 0.385. The number of nitro benzene ring substituents is 1. The van der Waals surface area contributed by atoms with Crippen LogP contribution in [0.5, 0.6) is 0 Å². The van der Waals surface area contributed by atoms with E-state index in [1.54, 1.807) is 0 Å². The number of hydrogen-bond donors (Lipinski definition) is 2. The van der Waals surface area contributed by atoms with E-state index >= 15 is 0 Å². The van der Waals surface area contributed by atoms with Crippen LogP contribution in [0.15, 0.2) is 18.2 Å². The summed E-state index contributed by atoms with van der Waals surface area (Å²) in [6.45, 7) is 0. The van der Waals surface area contributed by atoms with Gasteiger partial charge in [0.15, 0.2) is 0 Å². The molecule has 1 aliphatic rings. The van der Waals surface area contributed by atoms with Crippen LogP contribution < -0.4 is 5.32 Å². The molecular formula is C13H13FN2O5. The zero-order valence-electron chi connectivity index (χ0n) is 10.9. The van der Waals surface area contributed by atoms with E-state index in [2.05, 4.69) is 5.32 Å². The Bertz CT molecular complexity index is 604. The minimum atomic E-state index is -1.06. The lowest BCUT2D eigenvalue weighted by molar-refractivity contribution is -0.384. The number of rotatable bonds is 4. The van der Waals surface area contributed by atoms with Crippen molar-refractivity contribution >= 4 is 23.3 Å². The summed E-state index contributed by atoms with van der Waals surface area (Å²) >= 11 is 0. The number of halogens is 1. The topological polar surface area (TPSA) is 110 Å². The molecule has 1 amide bonds. The van der Waals surface area contributed by atoms with Crippen molar-refractivity contribution in [3.8, 4) is 0 Å². The van der Waals surface area contributed by atoms with E-state index in [0.717, 1.165) is 18.2 Å². The zero-order valence-corrected chi connectivity index (χ0v) is 10.9. The number of amides is 1. The van der Waals surface area contributed by atoms with Crippen LogP contribution in [0.25, 0.3) is 0 Å². The third-order valence-corrected chi connectivity index (χ3v) is 3.59. The van der Waals surface area contributed by atoms with Crippen LogP contribution in [0.3, 0.4) is 0 Å². The van der Waals surface area contributed by atoms with Crippen LogP contribution in [-0.4, -0.2) is 21.9 Å². The number of hydrogen-bond acceptors (Lipinski definition) is 4. The van der Waals surface area contributed by atoms with Crippen molar-refractivity contribution in [3.63, 3.8) is 0 Å². The molecule has 7 nitrogen and oxygen atoms in total. The first-order chi connectivity index (χ1) is 9.90. The van der Waals surface area contributed by atoms with Crippen LogP contribution >= 0.6 is 0 Å². The van der Waals surface area contributed by atoms with Crippen molar-refractivity contribution < 1.29 is 24.0 Å². The number of carbonyl (C=O) groups is 2. The molecule has 1 fully saturated rings. The predicted molar refractivity (Wildman–Crippen MR) is 70.2 cm³/mol.